The van der Waals surface area contributed by atoms with E-state index in [1.165, 1.54) is 6.42 Å². The van der Waals surface area contributed by atoms with Gasteiger partial charge in [-0.15, -0.1) is 11.6 Å². The fourth-order valence-corrected chi connectivity index (χ4v) is 1.84. The van der Waals surface area contributed by atoms with Gasteiger partial charge in [-0.05, 0) is 33.1 Å². The lowest BCUT2D eigenvalue weighted by atomic mass is 10.1. The molecule has 0 aromatic carbocycles. The van der Waals surface area contributed by atoms with Gasteiger partial charge in [0.1, 0.15) is 11.4 Å². The lowest BCUT2D eigenvalue weighted by molar-refractivity contribution is -0.136. The summed E-state index contributed by atoms with van der Waals surface area (Å²) in [5, 5.41) is 2.01. The molecule has 2 amide bonds. The van der Waals surface area contributed by atoms with Crippen molar-refractivity contribution in [2.24, 2.45) is 0 Å². The average Bonchev–Trinajstić information content (AvgIpc) is 2.28. The van der Waals surface area contributed by atoms with Crippen molar-refractivity contribution in [2.45, 2.75) is 44.5 Å². The maximum absolute atomic E-state index is 11.9. The van der Waals surface area contributed by atoms with E-state index in [9.17, 15) is 9.59 Å². The minimum absolute atomic E-state index is 0.00892. The van der Waals surface area contributed by atoms with E-state index in [0.29, 0.717) is 0 Å². The molecule has 0 aliphatic carbocycles. The van der Waals surface area contributed by atoms with Crippen molar-refractivity contribution in [3.63, 3.8) is 0 Å². The molecular weight excluding hydrogens is 228 g/mol. The van der Waals surface area contributed by atoms with Gasteiger partial charge < -0.3 is 10.2 Å². The minimum Gasteiger partial charge on any atom is -0.343 e. The largest absolute Gasteiger partial charge is 0.343 e. The lowest BCUT2D eigenvalue weighted by Gasteiger charge is -2.29. The van der Waals surface area contributed by atoms with Crippen LogP contribution in [0.2, 0.25) is 0 Å². The number of rotatable bonds is 3. The standard InChI is InChI=1S/C11H19ClN2O2/c1-8(12)10(15)13-9(2)11(16)14-6-4-3-5-7-14/h8-9H,3-7H2,1-2H3,(H,13,15). The van der Waals surface area contributed by atoms with Crippen molar-refractivity contribution < 1.29 is 9.59 Å². The van der Waals surface area contributed by atoms with Crippen LogP contribution in [0.4, 0.5) is 0 Å². The third kappa shape index (κ3) is 3.67. The molecule has 1 N–H and O–H groups in total. The van der Waals surface area contributed by atoms with Crippen LogP contribution in [-0.4, -0.2) is 41.2 Å². The first kappa shape index (κ1) is 13.3. The molecule has 1 heterocycles. The van der Waals surface area contributed by atoms with Crippen LogP contribution in [0.25, 0.3) is 0 Å². The normalized spacial score (nSPS) is 20.1. The van der Waals surface area contributed by atoms with Crippen LogP contribution in [-0.2, 0) is 9.59 Å². The molecule has 0 saturated carbocycles. The Kier molecular flexibility index (Phi) is 5.06. The van der Waals surface area contributed by atoms with Gasteiger partial charge in [0.2, 0.25) is 11.8 Å². The van der Waals surface area contributed by atoms with Gasteiger partial charge in [0, 0.05) is 13.1 Å². The second-order valence-corrected chi connectivity index (χ2v) is 4.89. The summed E-state index contributed by atoms with van der Waals surface area (Å²) in [5.41, 5.74) is 0. The van der Waals surface area contributed by atoms with Crippen LogP contribution in [0, 0.1) is 0 Å². The van der Waals surface area contributed by atoms with Crippen LogP contribution in [0.15, 0.2) is 0 Å². The Morgan fingerprint density at radius 2 is 1.75 bits per heavy atom. The quantitative estimate of drug-likeness (QED) is 0.759. The highest BCUT2D eigenvalue weighted by Gasteiger charge is 2.24. The van der Waals surface area contributed by atoms with E-state index in [1.54, 1.807) is 13.8 Å². The molecule has 0 aromatic heterocycles. The molecule has 2 unspecified atom stereocenters. The van der Waals surface area contributed by atoms with Gasteiger partial charge in [0.25, 0.3) is 0 Å². The predicted molar refractivity (Wildman–Crippen MR) is 63.4 cm³/mol. The SMILES string of the molecule is CC(Cl)C(=O)NC(C)C(=O)N1CCCCC1. The van der Waals surface area contributed by atoms with Crippen LogP contribution in [0.3, 0.4) is 0 Å². The van der Waals surface area contributed by atoms with Crippen molar-refractivity contribution in [1.29, 1.82) is 0 Å². The van der Waals surface area contributed by atoms with E-state index in [2.05, 4.69) is 5.32 Å². The van der Waals surface area contributed by atoms with Gasteiger partial charge in [-0.25, -0.2) is 0 Å². The monoisotopic (exact) mass is 246 g/mol. The lowest BCUT2D eigenvalue weighted by Crippen LogP contribution is -2.49. The molecule has 2 atom stereocenters. The van der Waals surface area contributed by atoms with E-state index >= 15 is 0 Å². The van der Waals surface area contributed by atoms with Crippen molar-refractivity contribution in [3.05, 3.63) is 0 Å². The van der Waals surface area contributed by atoms with E-state index < -0.39 is 11.4 Å². The zero-order valence-corrected chi connectivity index (χ0v) is 10.6. The second kappa shape index (κ2) is 6.09. The highest BCUT2D eigenvalue weighted by Crippen LogP contribution is 2.10. The van der Waals surface area contributed by atoms with Crippen LogP contribution in [0.1, 0.15) is 33.1 Å². The predicted octanol–water partition coefficient (Wildman–Crippen LogP) is 1.13. The first-order valence-corrected chi connectivity index (χ1v) is 6.19. The fraction of sp³-hybridized carbons (Fsp3) is 0.818. The Bertz CT molecular complexity index is 263. The van der Waals surface area contributed by atoms with Gasteiger partial charge in [0.15, 0.2) is 0 Å². The molecule has 1 aliphatic rings. The number of hydrogen-bond acceptors (Lipinski definition) is 2. The Hall–Kier alpha value is -0.770. The highest BCUT2D eigenvalue weighted by molar-refractivity contribution is 6.30. The van der Waals surface area contributed by atoms with Gasteiger partial charge in [-0.1, -0.05) is 0 Å². The van der Waals surface area contributed by atoms with Crippen LogP contribution >= 0.6 is 11.6 Å². The van der Waals surface area contributed by atoms with Crippen molar-refractivity contribution in [2.75, 3.05) is 13.1 Å². The van der Waals surface area contributed by atoms with Crippen LogP contribution < -0.4 is 5.32 Å². The Morgan fingerprint density at radius 1 is 1.19 bits per heavy atom. The highest BCUT2D eigenvalue weighted by atomic mass is 35.5. The first-order chi connectivity index (χ1) is 7.52. The third-order valence-corrected chi connectivity index (χ3v) is 2.96. The summed E-state index contributed by atoms with van der Waals surface area (Å²) in [6.45, 7) is 4.90. The summed E-state index contributed by atoms with van der Waals surface area (Å²) >= 11 is 5.63. The smallest absolute Gasteiger partial charge is 0.244 e. The number of amides is 2. The number of carbonyl (C=O) groups is 2. The molecule has 1 fully saturated rings. The number of carbonyl (C=O) groups excluding carboxylic acids is 2. The summed E-state index contributed by atoms with van der Waals surface area (Å²) < 4.78 is 0. The molecule has 16 heavy (non-hydrogen) atoms. The molecule has 1 saturated heterocycles. The minimum atomic E-state index is -0.600. The molecule has 0 radical (unpaired) electrons. The molecule has 92 valence electrons. The number of nitrogens with zero attached hydrogens (tertiary/aromatic N) is 1. The van der Waals surface area contributed by atoms with E-state index in [4.69, 9.17) is 11.6 Å². The number of alkyl halides is 1. The number of hydrogen-bond donors (Lipinski definition) is 1. The Labute approximate surface area is 101 Å². The molecule has 1 rings (SSSR count). The summed E-state index contributed by atoms with van der Waals surface area (Å²) in [6.07, 6.45) is 3.29. The molecule has 0 aromatic rings. The molecule has 0 bridgehead atoms. The molecule has 0 spiro atoms. The van der Waals surface area contributed by atoms with Gasteiger partial charge in [-0.2, -0.15) is 0 Å². The van der Waals surface area contributed by atoms with Gasteiger partial charge >= 0.3 is 0 Å². The third-order valence-electron chi connectivity index (χ3n) is 2.76. The van der Waals surface area contributed by atoms with E-state index in [1.807, 2.05) is 4.90 Å². The Balaban J connectivity index is 2.43. The van der Waals surface area contributed by atoms with Crippen LogP contribution in [0.5, 0.6) is 0 Å². The van der Waals surface area contributed by atoms with E-state index in [-0.39, 0.29) is 11.8 Å². The number of piperidine rings is 1. The van der Waals surface area contributed by atoms with Gasteiger partial charge in [0.05, 0.1) is 0 Å². The van der Waals surface area contributed by atoms with Crippen molar-refractivity contribution >= 4 is 23.4 Å². The first-order valence-electron chi connectivity index (χ1n) is 5.75. The van der Waals surface area contributed by atoms with Crippen molar-refractivity contribution in [3.8, 4) is 0 Å². The second-order valence-electron chi connectivity index (χ2n) is 4.23. The average molecular weight is 247 g/mol. The Morgan fingerprint density at radius 3 is 2.25 bits per heavy atom. The number of likely N-dealkylation sites (tertiary alicyclic amines) is 1. The maximum atomic E-state index is 11.9. The molecular formula is C11H19ClN2O2. The van der Waals surface area contributed by atoms with Crippen molar-refractivity contribution in [1.82, 2.24) is 10.2 Å². The summed E-state index contributed by atoms with van der Waals surface area (Å²) in [6, 6.07) is -0.480. The number of halogens is 1. The molecule has 4 nitrogen and oxygen atoms in total. The maximum Gasteiger partial charge on any atom is 0.244 e. The summed E-state index contributed by atoms with van der Waals surface area (Å²) in [4.78, 5) is 25.1. The van der Waals surface area contributed by atoms with E-state index in [0.717, 1.165) is 25.9 Å². The number of nitrogens with one attached hydrogen (secondary N) is 1. The van der Waals surface area contributed by atoms with Gasteiger partial charge in [-0.3, -0.25) is 9.59 Å². The molecule has 1 aliphatic heterocycles. The summed E-state index contributed by atoms with van der Waals surface area (Å²) in [5.74, 6) is -0.301. The summed E-state index contributed by atoms with van der Waals surface area (Å²) in [7, 11) is 0. The zero-order valence-electron chi connectivity index (χ0n) is 9.83. The fourth-order valence-electron chi connectivity index (χ4n) is 1.78. The molecule has 5 heteroatoms. The zero-order chi connectivity index (χ0) is 12.1. The topological polar surface area (TPSA) is 49.4 Å².